The predicted octanol–water partition coefficient (Wildman–Crippen LogP) is 3.30. The van der Waals surface area contributed by atoms with Gasteiger partial charge in [-0.2, -0.15) is 0 Å². The summed E-state index contributed by atoms with van der Waals surface area (Å²) in [6.07, 6.45) is 2.38. The fourth-order valence-electron chi connectivity index (χ4n) is 1.88. The molecule has 0 saturated heterocycles. The number of non-ortho nitro benzene ring substituents is 1. The maximum atomic E-state index is 12.1. The minimum absolute atomic E-state index is 0.000279. The molecule has 5 nitrogen and oxygen atoms in total. The van der Waals surface area contributed by atoms with Crippen LogP contribution in [0.2, 0.25) is 0 Å². The summed E-state index contributed by atoms with van der Waals surface area (Å²) in [6, 6.07) is 4.50. The topological polar surface area (TPSA) is 76.0 Å². The lowest BCUT2D eigenvalue weighted by Crippen LogP contribution is -2.09. The molecular formula is C13H14N2O3. The number of aromatic nitrogens is 1. The van der Waals surface area contributed by atoms with Crippen LogP contribution in [0.25, 0.3) is 10.9 Å². The maximum absolute atomic E-state index is 12.1. The summed E-state index contributed by atoms with van der Waals surface area (Å²) in [5, 5.41) is 11.4. The summed E-state index contributed by atoms with van der Waals surface area (Å²) in [4.78, 5) is 25.4. The van der Waals surface area contributed by atoms with Gasteiger partial charge in [-0.1, -0.05) is 13.8 Å². The second kappa shape index (κ2) is 4.60. The quantitative estimate of drug-likeness (QED) is 0.510. The van der Waals surface area contributed by atoms with E-state index >= 15 is 0 Å². The molecule has 18 heavy (non-hydrogen) atoms. The molecule has 1 aromatic heterocycles. The van der Waals surface area contributed by atoms with Crippen LogP contribution in [-0.2, 0) is 0 Å². The Bertz CT molecular complexity index is 616. The van der Waals surface area contributed by atoms with Crippen LogP contribution < -0.4 is 0 Å². The molecule has 5 heteroatoms. The number of nitro groups is 1. The third-order valence-corrected chi connectivity index (χ3v) is 3.20. The Kier molecular flexibility index (Phi) is 3.14. The molecule has 0 aliphatic rings. The zero-order valence-electron chi connectivity index (χ0n) is 10.3. The summed E-state index contributed by atoms with van der Waals surface area (Å²) in [5.74, 6) is -0.0625. The van der Waals surface area contributed by atoms with E-state index in [4.69, 9.17) is 0 Å². The fraction of sp³-hybridized carbons (Fsp3) is 0.308. The highest BCUT2D eigenvalue weighted by atomic mass is 16.6. The Morgan fingerprint density at radius 3 is 2.83 bits per heavy atom. The highest BCUT2D eigenvalue weighted by molar-refractivity contribution is 6.09. The number of nitro benzene ring substituents is 1. The van der Waals surface area contributed by atoms with E-state index in [1.54, 1.807) is 12.3 Å². The molecule has 1 aromatic carbocycles. The van der Waals surface area contributed by atoms with Crippen molar-refractivity contribution < 1.29 is 9.72 Å². The van der Waals surface area contributed by atoms with Gasteiger partial charge in [0.1, 0.15) is 0 Å². The smallest absolute Gasteiger partial charge is 0.270 e. The highest BCUT2D eigenvalue weighted by Crippen LogP contribution is 2.25. The van der Waals surface area contributed by atoms with E-state index in [1.165, 1.54) is 12.1 Å². The fourth-order valence-corrected chi connectivity index (χ4v) is 1.88. The van der Waals surface area contributed by atoms with Gasteiger partial charge in [0.15, 0.2) is 5.78 Å². The van der Waals surface area contributed by atoms with Gasteiger partial charge in [0.25, 0.3) is 5.69 Å². The Morgan fingerprint density at radius 2 is 2.22 bits per heavy atom. The number of Topliss-reactive ketones (excluding diaryl/α,β-unsaturated/α-hetero) is 1. The van der Waals surface area contributed by atoms with Crippen molar-refractivity contribution in [2.45, 2.75) is 20.3 Å². The van der Waals surface area contributed by atoms with Crippen LogP contribution in [0.5, 0.6) is 0 Å². The van der Waals surface area contributed by atoms with Gasteiger partial charge in [-0.3, -0.25) is 14.9 Å². The molecule has 0 aliphatic carbocycles. The number of hydrogen-bond acceptors (Lipinski definition) is 3. The molecule has 1 atom stereocenters. The average molecular weight is 246 g/mol. The average Bonchev–Trinajstić information content (AvgIpc) is 2.79. The van der Waals surface area contributed by atoms with Crippen LogP contribution in [0, 0.1) is 16.0 Å². The number of H-pyrrole nitrogens is 1. The second-order valence-electron chi connectivity index (χ2n) is 4.36. The van der Waals surface area contributed by atoms with Crippen LogP contribution in [0.3, 0.4) is 0 Å². The largest absolute Gasteiger partial charge is 0.360 e. The number of nitrogens with one attached hydrogen (secondary N) is 1. The van der Waals surface area contributed by atoms with Gasteiger partial charge in [-0.05, 0) is 12.5 Å². The van der Waals surface area contributed by atoms with Crippen molar-refractivity contribution in [3.05, 3.63) is 40.1 Å². The molecule has 0 aliphatic heterocycles. The van der Waals surface area contributed by atoms with Crippen LogP contribution in [0.1, 0.15) is 30.6 Å². The first-order chi connectivity index (χ1) is 8.54. The van der Waals surface area contributed by atoms with E-state index in [9.17, 15) is 14.9 Å². The summed E-state index contributed by atoms with van der Waals surface area (Å²) in [5.41, 5.74) is 1.27. The molecule has 0 spiro atoms. The normalized spacial score (nSPS) is 12.6. The van der Waals surface area contributed by atoms with Gasteiger partial charge in [0.05, 0.1) is 4.92 Å². The molecule has 0 bridgehead atoms. The van der Waals surface area contributed by atoms with Gasteiger partial charge in [-0.15, -0.1) is 0 Å². The van der Waals surface area contributed by atoms with Crippen molar-refractivity contribution in [3.8, 4) is 0 Å². The van der Waals surface area contributed by atoms with E-state index in [0.717, 1.165) is 11.9 Å². The van der Waals surface area contributed by atoms with Gasteiger partial charge in [0, 0.05) is 40.7 Å². The molecule has 1 unspecified atom stereocenters. The first kappa shape index (κ1) is 12.3. The number of hydrogen-bond donors (Lipinski definition) is 1. The molecule has 0 fully saturated rings. The number of benzene rings is 1. The molecule has 2 rings (SSSR count). The van der Waals surface area contributed by atoms with Crippen molar-refractivity contribution >= 4 is 22.4 Å². The Hall–Kier alpha value is -2.17. The molecule has 0 amide bonds. The summed E-state index contributed by atoms with van der Waals surface area (Å²) >= 11 is 0. The third kappa shape index (κ3) is 1.99. The van der Waals surface area contributed by atoms with E-state index in [-0.39, 0.29) is 17.4 Å². The molecule has 0 saturated carbocycles. The number of carbonyl (C=O) groups is 1. The van der Waals surface area contributed by atoms with Crippen molar-refractivity contribution in [2.24, 2.45) is 5.92 Å². The zero-order chi connectivity index (χ0) is 13.3. The van der Waals surface area contributed by atoms with Crippen molar-refractivity contribution in [1.82, 2.24) is 4.98 Å². The first-order valence-electron chi connectivity index (χ1n) is 5.84. The molecule has 94 valence electrons. The lowest BCUT2D eigenvalue weighted by Gasteiger charge is -2.05. The first-order valence-corrected chi connectivity index (χ1v) is 5.84. The molecule has 0 radical (unpaired) electrons. The SMILES string of the molecule is CCC(C)C(=O)c1c[nH]c2ccc([N+](=O)[O-])cc12. The lowest BCUT2D eigenvalue weighted by atomic mass is 9.97. The minimum Gasteiger partial charge on any atom is -0.360 e. The van der Waals surface area contributed by atoms with Crippen molar-refractivity contribution in [1.29, 1.82) is 0 Å². The highest BCUT2D eigenvalue weighted by Gasteiger charge is 2.18. The molecule has 1 heterocycles. The Balaban J connectivity index is 2.55. The molecule has 2 aromatic rings. The Morgan fingerprint density at radius 1 is 1.50 bits per heavy atom. The number of ketones is 1. The molecular weight excluding hydrogens is 232 g/mol. The summed E-state index contributed by atoms with van der Waals surface area (Å²) in [6.45, 7) is 3.80. The van der Waals surface area contributed by atoms with Crippen LogP contribution in [-0.4, -0.2) is 15.7 Å². The van der Waals surface area contributed by atoms with Gasteiger partial charge >= 0.3 is 0 Å². The lowest BCUT2D eigenvalue weighted by molar-refractivity contribution is -0.384. The van der Waals surface area contributed by atoms with E-state index < -0.39 is 4.92 Å². The standard InChI is InChI=1S/C13H14N2O3/c1-3-8(2)13(16)11-7-14-12-5-4-9(15(17)18)6-10(11)12/h4-8,14H,3H2,1-2H3. The van der Waals surface area contributed by atoms with Gasteiger partial charge < -0.3 is 4.98 Å². The van der Waals surface area contributed by atoms with Crippen LogP contribution in [0.4, 0.5) is 5.69 Å². The second-order valence-corrected chi connectivity index (χ2v) is 4.36. The zero-order valence-corrected chi connectivity index (χ0v) is 10.3. The minimum atomic E-state index is -0.454. The third-order valence-electron chi connectivity index (χ3n) is 3.20. The van der Waals surface area contributed by atoms with E-state index in [2.05, 4.69) is 4.98 Å². The summed E-state index contributed by atoms with van der Waals surface area (Å²) in [7, 11) is 0. The number of rotatable bonds is 4. The van der Waals surface area contributed by atoms with Gasteiger partial charge in [0.2, 0.25) is 0 Å². The number of aromatic amines is 1. The monoisotopic (exact) mass is 246 g/mol. The number of carbonyl (C=O) groups excluding carboxylic acids is 1. The Labute approximate surface area is 104 Å². The van der Waals surface area contributed by atoms with Crippen molar-refractivity contribution in [2.75, 3.05) is 0 Å². The summed E-state index contributed by atoms with van der Waals surface area (Å²) < 4.78 is 0. The van der Waals surface area contributed by atoms with Gasteiger partial charge in [-0.25, -0.2) is 0 Å². The van der Waals surface area contributed by atoms with Crippen LogP contribution >= 0.6 is 0 Å². The number of fused-ring (bicyclic) bond motifs is 1. The van der Waals surface area contributed by atoms with Crippen LogP contribution in [0.15, 0.2) is 24.4 Å². The maximum Gasteiger partial charge on any atom is 0.270 e. The predicted molar refractivity (Wildman–Crippen MR) is 68.7 cm³/mol. The number of nitrogens with zero attached hydrogens (tertiary/aromatic N) is 1. The van der Waals surface area contributed by atoms with E-state index in [0.29, 0.717) is 10.9 Å². The molecule has 1 N–H and O–H groups in total. The van der Waals surface area contributed by atoms with E-state index in [1.807, 2.05) is 13.8 Å². The van der Waals surface area contributed by atoms with Crippen molar-refractivity contribution in [3.63, 3.8) is 0 Å².